The number of anilines is 2. The summed E-state index contributed by atoms with van der Waals surface area (Å²) in [5.41, 5.74) is 1.73. The predicted molar refractivity (Wildman–Crippen MR) is 92.9 cm³/mol. The minimum absolute atomic E-state index is 0.157. The molecule has 3 aromatic rings. The molecule has 3 aromatic heterocycles. The van der Waals surface area contributed by atoms with Crippen LogP contribution in [0.2, 0.25) is 0 Å². The van der Waals surface area contributed by atoms with Gasteiger partial charge in [-0.05, 0) is 25.5 Å². The van der Waals surface area contributed by atoms with Crippen LogP contribution in [0.4, 0.5) is 16.4 Å². The van der Waals surface area contributed by atoms with Gasteiger partial charge in [-0.1, -0.05) is 6.07 Å². The largest absolute Gasteiger partial charge is 0.368 e. The Morgan fingerprint density at radius 3 is 3.00 bits per heavy atom. The van der Waals surface area contributed by atoms with E-state index >= 15 is 0 Å². The van der Waals surface area contributed by atoms with Gasteiger partial charge in [-0.15, -0.1) is 0 Å². The Balaban J connectivity index is 1.67. The molecule has 0 saturated carbocycles. The van der Waals surface area contributed by atoms with Gasteiger partial charge in [0, 0.05) is 31.2 Å². The van der Waals surface area contributed by atoms with E-state index in [-0.39, 0.29) is 12.1 Å². The standard InChI is InChI=1S/C16H19N7O/c1-3-18-15-12-9-19-14(7-13(12)22-23-15)21-16(24)20-10(2)11-5-4-6-17-8-11/h4-10H,3H2,1-2H3,(H2,18,22,23)(H2,19,20,21,24). The highest BCUT2D eigenvalue weighted by atomic mass is 16.2. The Kier molecular flexibility index (Phi) is 4.55. The molecule has 0 saturated heterocycles. The van der Waals surface area contributed by atoms with Crippen LogP contribution in [-0.2, 0) is 0 Å². The highest BCUT2D eigenvalue weighted by Crippen LogP contribution is 2.21. The fraction of sp³-hybridized carbons (Fsp3) is 0.250. The first-order valence-electron chi connectivity index (χ1n) is 7.72. The molecule has 1 unspecified atom stereocenters. The van der Waals surface area contributed by atoms with Gasteiger partial charge in [0.05, 0.1) is 16.9 Å². The molecule has 124 valence electrons. The molecule has 8 nitrogen and oxygen atoms in total. The van der Waals surface area contributed by atoms with E-state index in [0.29, 0.717) is 5.82 Å². The number of fused-ring (bicyclic) bond motifs is 1. The summed E-state index contributed by atoms with van der Waals surface area (Å²) in [5, 5.41) is 16.7. The lowest BCUT2D eigenvalue weighted by molar-refractivity contribution is 0.249. The lowest BCUT2D eigenvalue weighted by Crippen LogP contribution is -2.31. The third-order valence-electron chi connectivity index (χ3n) is 3.57. The van der Waals surface area contributed by atoms with Crippen molar-refractivity contribution in [2.45, 2.75) is 19.9 Å². The van der Waals surface area contributed by atoms with Crippen LogP contribution in [0.5, 0.6) is 0 Å². The van der Waals surface area contributed by atoms with Crippen LogP contribution in [0.15, 0.2) is 36.8 Å². The second kappa shape index (κ2) is 6.95. The number of carbonyl (C=O) groups is 1. The molecule has 0 aliphatic heterocycles. The molecule has 8 heteroatoms. The van der Waals surface area contributed by atoms with Crippen molar-refractivity contribution in [2.24, 2.45) is 0 Å². The van der Waals surface area contributed by atoms with Crippen molar-refractivity contribution in [1.29, 1.82) is 0 Å². The third kappa shape index (κ3) is 3.43. The first kappa shape index (κ1) is 15.7. The smallest absolute Gasteiger partial charge is 0.320 e. The fourth-order valence-electron chi connectivity index (χ4n) is 2.35. The van der Waals surface area contributed by atoms with E-state index in [0.717, 1.165) is 28.8 Å². The second-order valence-corrected chi connectivity index (χ2v) is 5.32. The summed E-state index contributed by atoms with van der Waals surface area (Å²) in [6, 6.07) is 5.01. The molecule has 0 spiro atoms. The van der Waals surface area contributed by atoms with E-state index in [1.807, 2.05) is 26.0 Å². The number of amides is 2. The fourth-order valence-corrected chi connectivity index (χ4v) is 2.35. The van der Waals surface area contributed by atoms with Gasteiger partial charge in [-0.2, -0.15) is 5.10 Å². The number of hydrogen-bond donors (Lipinski definition) is 4. The van der Waals surface area contributed by atoms with Crippen molar-refractivity contribution < 1.29 is 4.79 Å². The molecule has 0 bridgehead atoms. The molecule has 1 atom stereocenters. The van der Waals surface area contributed by atoms with Crippen LogP contribution in [0.3, 0.4) is 0 Å². The highest BCUT2D eigenvalue weighted by molar-refractivity contribution is 5.94. The number of rotatable bonds is 5. The number of nitrogens with one attached hydrogen (secondary N) is 4. The van der Waals surface area contributed by atoms with Crippen LogP contribution in [0.25, 0.3) is 10.9 Å². The predicted octanol–water partition coefficient (Wildman–Crippen LogP) is 2.67. The van der Waals surface area contributed by atoms with E-state index in [1.54, 1.807) is 24.7 Å². The maximum absolute atomic E-state index is 12.1. The number of aromatic nitrogens is 4. The molecule has 0 fully saturated rings. The third-order valence-corrected chi connectivity index (χ3v) is 3.57. The summed E-state index contributed by atoms with van der Waals surface area (Å²) in [5.74, 6) is 1.20. The average Bonchev–Trinajstić information content (AvgIpc) is 2.98. The van der Waals surface area contributed by atoms with E-state index < -0.39 is 0 Å². The average molecular weight is 325 g/mol. The van der Waals surface area contributed by atoms with Crippen LogP contribution in [-0.4, -0.2) is 32.7 Å². The van der Waals surface area contributed by atoms with E-state index in [1.165, 1.54) is 0 Å². The lowest BCUT2D eigenvalue weighted by atomic mass is 10.1. The zero-order valence-electron chi connectivity index (χ0n) is 13.5. The maximum atomic E-state index is 12.1. The van der Waals surface area contributed by atoms with E-state index in [9.17, 15) is 4.79 Å². The van der Waals surface area contributed by atoms with Gasteiger partial charge in [0.15, 0.2) is 5.82 Å². The zero-order chi connectivity index (χ0) is 16.9. The Labute approximate surface area is 139 Å². The Bertz CT molecular complexity index is 831. The molecular formula is C16H19N7O. The summed E-state index contributed by atoms with van der Waals surface area (Å²) >= 11 is 0. The topological polar surface area (TPSA) is 108 Å². The quantitative estimate of drug-likeness (QED) is 0.577. The van der Waals surface area contributed by atoms with Crippen molar-refractivity contribution in [3.8, 4) is 0 Å². The van der Waals surface area contributed by atoms with Gasteiger partial charge in [0.2, 0.25) is 0 Å². The summed E-state index contributed by atoms with van der Waals surface area (Å²) in [7, 11) is 0. The van der Waals surface area contributed by atoms with Gasteiger partial charge < -0.3 is 10.6 Å². The Morgan fingerprint density at radius 2 is 2.25 bits per heavy atom. The monoisotopic (exact) mass is 325 g/mol. The van der Waals surface area contributed by atoms with Crippen molar-refractivity contribution in [3.05, 3.63) is 42.4 Å². The van der Waals surface area contributed by atoms with Crippen molar-refractivity contribution in [2.75, 3.05) is 17.2 Å². The van der Waals surface area contributed by atoms with E-state index in [4.69, 9.17) is 0 Å². The Morgan fingerprint density at radius 1 is 1.38 bits per heavy atom. The molecule has 3 heterocycles. The number of aromatic amines is 1. The maximum Gasteiger partial charge on any atom is 0.320 e. The van der Waals surface area contributed by atoms with Crippen LogP contribution in [0.1, 0.15) is 25.5 Å². The van der Waals surface area contributed by atoms with Gasteiger partial charge in [-0.25, -0.2) is 9.78 Å². The second-order valence-electron chi connectivity index (χ2n) is 5.32. The number of nitrogens with zero attached hydrogens (tertiary/aromatic N) is 3. The number of hydrogen-bond acceptors (Lipinski definition) is 5. The molecule has 4 N–H and O–H groups in total. The van der Waals surface area contributed by atoms with Gasteiger partial charge >= 0.3 is 6.03 Å². The van der Waals surface area contributed by atoms with Gasteiger partial charge in [0.1, 0.15) is 5.82 Å². The normalized spacial score (nSPS) is 11.9. The summed E-state index contributed by atoms with van der Waals surface area (Å²) in [6.07, 6.45) is 5.10. The molecule has 3 rings (SSSR count). The number of urea groups is 1. The van der Waals surface area contributed by atoms with Crippen molar-refractivity contribution >= 4 is 28.6 Å². The Hall–Kier alpha value is -3.16. The molecule has 0 aromatic carbocycles. The van der Waals surface area contributed by atoms with Crippen LogP contribution in [0, 0.1) is 0 Å². The SMILES string of the molecule is CCNc1n[nH]c2cc(NC(=O)NC(C)c3cccnc3)ncc12. The summed E-state index contributed by atoms with van der Waals surface area (Å²) < 4.78 is 0. The number of carbonyl (C=O) groups excluding carboxylic acids is 1. The molecule has 2 amide bonds. The summed E-state index contributed by atoms with van der Waals surface area (Å²) in [6.45, 7) is 4.66. The summed E-state index contributed by atoms with van der Waals surface area (Å²) in [4.78, 5) is 20.4. The minimum atomic E-state index is -0.329. The van der Waals surface area contributed by atoms with Crippen LogP contribution < -0.4 is 16.0 Å². The zero-order valence-corrected chi connectivity index (χ0v) is 13.5. The highest BCUT2D eigenvalue weighted by Gasteiger charge is 2.11. The molecule has 0 aliphatic rings. The number of H-pyrrole nitrogens is 1. The van der Waals surface area contributed by atoms with Gasteiger partial charge in [-0.3, -0.25) is 15.4 Å². The molecule has 24 heavy (non-hydrogen) atoms. The molecule has 0 aliphatic carbocycles. The van der Waals surface area contributed by atoms with Gasteiger partial charge in [0.25, 0.3) is 0 Å². The first-order valence-corrected chi connectivity index (χ1v) is 7.72. The first-order chi connectivity index (χ1) is 11.7. The molecular weight excluding hydrogens is 306 g/mol. The lowest BCUT2D eigenvalue weighted by Gasteiger charge is -2.14. The van der Waals surface area contributed by atoms with E-state index in [2.05, 4.69) is 36.1 Å². The number of pyridine rings is 2. The van der Waals surface area contributed by atoms with Crippen molar-refractivity contribution in [1.82, 2.24) is 25.5 Å². The molecule has 0 radical (unpaired) electrons. The minimum Gasteiger partial charge on any atom is -0.368 e. The van der Waals surface area contributed by atoms with Crippen molar-refractivity contribution in [3.63, 3.8) is 0 Å². The van der Waals surface area contributed by atoms with Crippen LogP contribution >= 0.6 is 0 Å².